The molecule has 6 rings (SSSR count). The van der Waals surface area contributed by atoms with Crippen LogP contribution in [0.25, 0.3) is 11.3 Å². The first kappa shape index (κ1) is 25.2. The van der Waals surface area contributed by atoms with E-state index >= 15 is 0 Å². The van der Waals surface area contributed by atoms with Gasteiger partial charge in [0.1, 0.15) is 0 Å². The molecule has 0 bridgehead atoms. The maximum atomic E-state index is 4.22. The Bertz CT molecular complexity index is 1260. The van der Waals surface area contributed by atoms with Crippen LogP contribution in [0.15, 0.2) is 85.1 Å². The van der Waals surface area contributed by atoms with Crippen molar-refractivity contribution in [1.82, 2.24) is 4.98 Å². The van der Waals surface area contributed by atoms with E-state index in [1.54, 1.807) is 6.20 Å². The molecule has 1 aromatic heterocycles. The van der Waals surface area contributed by atoms with Crippen LogP contribution in [0.1, 0.15) is 45.7 Å². The van der Waals surface area contributed by atoms with Crippen LogP contribution in [0.5, 0.6) is 0 Å². The summed E-state index contributed by atoms with van der Waals surface area (Å²) >= 11 is 0. The van der Waals surface area contributed by atoms with Gasteiger partial charge in [-0.1, -0.05) is 38.1 Å². The fourth-order valence-corrected chi connectivity index (χ4v) is 4.77. The van der Waals surface area contributed by atoms with Crippen LogP contribution in [0.2, 0.25) is 0 Å². The minimum Gasteiger partial charge on any atom is -0.497 e. The molecule has 0 atom stereocenters. The Labute approximate surface area is 223 Å². The second-order valence-corrected chi connectivity index (χ2v) is 10.2. The van der Waals surface area contributed by atoms with Crippen molar-refractivity contribution in [2.24, 2.45) is 0 Å². The Balaban J connectivity index is 0.000000189. The molecule has 3 aromatic carbocycles. The maximum absolute atomic E-state index is 4.22. The summed E-state index contributed by atoms with van der Waals surface area (Å²) in [6.45, 7) is 13.6. The number of benzene rings is 3. The van der Waals surface area contributed by atoms with Crippen molar-refractivity contribution in [3.05, 3.63) is 115 Å². The molecule has 2 aliphatic heterocycles. The molecule has 0 saturated heterocycles. The number of aromatic nitrogens is 1. The molecule has 0 fully saturated rings. The van der Waals surface area contributed by atoms with Crippen molar-refractivity contribution in [2.75, 3.05) is 9.80 Å². The topological polar surface area (TPSA) is 19.4 Å². The van der Waals surface area contributed by atoms with Crippen LogP contribution in [0.3, 0.4) is 0 Å². The monoisotopic (exact) mass is 637 g/mol. The Kier molecular flexibility index (Phi) is 6.90. The van der Waals surface area contributed by atoms with Gasteiger partial charge in [0.25, 0.3) is 0 Å². The summed E-state index contributed by atoms with van der Waals surface area (Å²) in [5, 5.41) is 0. The molecule has 0 N–H and O–H groups in total. The molecule has 4 heteroatoms. The Morgan fingerprint density at radius 3 is 2.26 bits per heavy atom. The number of nitrogens with zero attached hydrogens (tertiary/aromatic N) is 3. The van der Waals surface area contributed by atoms with Crippen LogP contribution >= 0.6 is 0 Å². The van der Waals surface area contributed by atoms with Gasteiger partial charge in [0.2, 0.25) is 0 Å². The number of rotatable bonds is 1. The van der Waals surface area contributed by atoms with Crippen molar-refractivity contribution >= 4 is 17.1 Å². The average Bonchev–Trinajstić information content (AvgIpc) is 3.26. The number of anilines is 3. The van der Waals surface area contributed by atoms with E-state index in [1.165, 1.54) is 28.2 Å². The van der Waals surface area contributed by atoms with Crippen LogP contribution in [0, 0.1) is 18.8 Å². The second-order valence-electron chi connectivity index (χ2n) is 10.2. The van der Waals surface area contributed by atoms with E-state index in [1.807, 2.05) is 48.5 Å². The largest absolute Gasteiger partial charge is 3.00 e. The first-order valence-electron chi connectivity index (χ1n) is 11.7. The molecule has 0 saturated carbocycles. The van der Waals surface area contributed by atoms with Gasteiger partial charge in [-0.3, -0.25) is 0 Å². The van der Waals surface area contributed by atoms with Crippen LogP contribution in [0.4, 0.5) is 17.1 Å². The molecule has 3 nitrogen and oxygen atoms in total. The average molecular weight is 637 g/mol. The number of hydrogen-bond donors (Lipinski definition) is 0. The van der Waals surface area contributed by atoms with Gasteiger partial charge in [-0.2, -0.15) is 30.9 Å². The third kappa shape index (κ3) is 4.53. The van der Waals surface area contributed by atoms with E-state index in [4.69, 9.17) is 0 Å². The fourth-order valence-electron chi connectivity index (χ4n) is 4.77. The van der Waals surface area contributed by atoms with Gasteiger partial charge < -0.3 is 14.8 Å². The minimum absolute atomic E-state index is 0. The summed E-state index contributed by atoms with van der Waals surface area (Å²) in [4.78, 5) is 8.91. The van der Waals surface area contributed by atoms with E-state index in [9.17, 15) is 0 Å². The molecule has 35 heavy (non-hydrogen) atoms. The molecule has 4 aromatic rings. The molecule has 0 amide bonds. The van der Waals surface area contributed by atoms with E-state index in [2.05, 4.69) is 98.5 Å². The Hall–Kier alpha value is -2.94. The van der Waals surface area contributed by atoms with Gasteiger partial charge in [-0.15, -0.1) is 47.1 Å². The molecular formula is C31H30IrN3. The molecule has 2 aliphatic rings. The van der Waals surface area contributed by atoms with Crippen LogP contribution < -0.4 is 9.80 Å². The quantitative estimate of drug-likeness (QED) is 0.201. The van der Waals surface area contributed by atoms with E-state index in [0.29, 0.717) is 0 Å². The first-order chi connectivity index (χ1) is 16.3. The number of fused-ring (bicyclic) bond motifs is 2. The third-order valence-corrected chi connectivity index (χ3v) is 6.54. The van der Waals surface area contributed by atoms with Gasteiger partial charge in [-0.25, -0.2) is 0 Å². The van der Waals surface area contributed by atoms with Crippen molar-refractivity contribution in [3.63, 3.8) is 0 Å². The molecule has 3 heterocycles. The van der Waals surface area contributed by atoms with Crippen LogP contribution in [-0.2, 0) is 25.5 Å². The van der Waals surface area contributed by atoms with Gasteiger partial charge in [0.15, 0.2) is 0 Å². The van der Waals surface area contributed by atoms with Gasteiger partial charge in [0.05, 0.1) is 0 Å². The summed E-state index contributed by atoms with van der Waals surface area (Å²) in [5.41, 5.74) is 8.57. The predicted molar refractivity (Wildman–Crippen MR) is 141 cm³/mol. The zero-order chi connectivity index (χ0) is 23.9. The zero-order valence-electron chi connectivity index (χ0n) is 20.8. The number of hydrogen-bond acceptors (Lipinski definition) is 3. The third-order valence-electron chi connectivity index (χ3n) is 6.54. The number of para-hydroxylation sites is 2. The first-order valence-corrected chi connectivity index (χ1v) is 11.7. The maximum Gasteiger partial charge on any atom is 3.00 e. The fraction of sp³-hybridized carbons (Fsp3) is 0.226. The zero-order valence-corrected chi connectivity index (χ0v) is 23.2. The Morgan fingerprint density at radius 2 is 1.57 bits per heavy atom. The summed E-state index contributed by atoms with van der Waals surface area (Å²) in [6, 6.07) is 33.3. The van der Waals surface area contributed by atoms with Crippen molar-refractivity contribution in [2.45, 2.75) is 45.6 Å². The summed E-state index contributed by atoms with van der Waals surface area (Å²) < 4.78 is 0. The summed E-state index contributed by atoms with van der Waals surface area (Å²) in [6.07, 6.45) is 1.79. The second kappa shape index (κ2) is 9.60. The molecule has 0 unspecified atom stereocenters. The van der Waals surface area contributed by atoms with E-state index in [-0.39, 0.29) is 31.1 Å². The molecule has 0 aliphatic carbocycles. The van der Waals surface area contributed by atoms with Gasteiger partial charge in [0, 0.05) is 23.1 Å². The smallest absolute Gasteiger partial charge is 0.497 e. The van der Waals surface area contributed by atoms with Crippen molar-refractivity contribution in [3.8, 4) is 11.3 Å². The number of pyridine rings is 1. The molecule has 178 valence electrons. The molecule has 0 spiro atoms. The standard InChI is InChI=1S/C20H22N2.C11H8N.Ir/c1-19(2,3)22-13-21-16-11-7-6-9-14(16)20(4,5)15-10-8-12-17(22)18(15)21;1-2-6-10(7-3-1)11-8-4-5-9-12-11;/h6-10,12-13H,1-5H3;1-6,8-9H;/q-2;-1;+3. The molecular weight excluding hydrogens is 607 g/mol. The normalized spacial score (nSPS) is 14.8. The van der Waals surface area contributed by atoms with Gasteiger partial charge >= 0.3 is 20.1 Å². The van der Waals surface area contributed by atoms with E-state index in [0.717, 1.165) is 11.3 Å². The predicted octanol–water partition coefficient (Wildman–Crippen LogP) is 7.55. The summed E-state index contributed by atoms with van der Waals surface area (Å²) in [7, 11) is 0. The van der Waals surface area contributed by atoms with Crippen LogP contribution in [-0.4, -0.2) is 10.5 Å². The summed E-state index contributed by atoms with van der Waals surface area (Å²) in [5.74, 6) is 0. The molecule has 0 radical (unpaired) electrons. The van der Waals surface area contributed by atoms with Gasteiger partial charge in [-0.05, 0) is 49.6 Å². The SMILES string of the molecule is CC1(C)c2ccc[c-]c2N2[CH-]N(C(C)(C)C)c3cccc1c32.[Ir+3].[c-]1ccccc1-c1ccccn1. The van der Waals surface area contributed by atoms with E-state index < -0.39 is 0 Å². The van der Waals surface area contributed by atoms with Crippen molar-refractivity contribution in [1.29, 1.82) is 0 Å². The van der Waals surface area contributed by atoms with Crippen molar-refractivity contribution < 1.29 is 20.1 Å². The Morgan fingerprint density at radius 1 is 0.829 bits per heavy atom. The minimum atomic E-state index is -0.00330.